The smallest absolute Gasteiger partial charge is 0.260 e. The van der Waals surface area contributed by atoms with Crippen molar-refractivity contribution < 1.29 is 4.74 Å². The molecule has 140 valence electrons. The molecule has 4 aromatic rings. The Morgan fingerprint density at radius 3 is 3.07 bits per heavy atom. The van der Waals surface area contributed by atoms with E-state index < -0.39 is 0 Å². The highest BCUT2D eigenvalue weighted by Gasteiger charge is 2.34. The van der Waals surface area contributed by atoms with Crippen LogP contribution in [0.4, 0.5) is 0 Å². The molecular formula is C18H20N6OS2. The third-order valence-corrected chi connectivity index (χ3v) is 7.50. The van der Waals surface area contributed by atoms with Crippen molar-refractivity contribution in [1.29, 1.82) is 0 Å². The molecule has 1 atom stereocenters. The van der Waals surface area contributed by atoms with Crippen LogP contribution in [0.15, 0.2) is 23.6 Å². The van der Waals surface area contributed by atoms with Gasteiger partial charge in [0, 0.05) is 17.1 Å². The van der Waals surface area contributed by atoms with Crippen LogP contribution in [0, 0.1) is 0 Å². The molecule has 0 aromatic carbocycles. The first kappa shape index (κ1) is 17.2. The van der Waals surface area contributed by atoms with Crippen molar-refractivity contribution in [3.8, 4) is 0 Å². The highest BCUT2D eigenvalue weighted by Crippen LogP contribution is 2.42. The molecule has 9 heteroatoms. The van der Waals surface area contributed by atoms with Gasteiger partial charge in [-0.15, -0.1) is 21.5 Å². The predicted octanol–water partition coefficient (Wildman–Crippen LogP) is 3.90. The van der Waals surface area contributed by atoms with Crippen molar-refractivity contribution in [2.75, 3.05) is 5.75 Å². The summed E-state index contributed by atoms with van der Waals surface area (Å²) in [5.41, 5.74) is 3.14. The zero-order valence-electron chi connectivity index (χ0n) is 15.5. The van der Waals surface area contributed by atoms with Crippen LogP contribution in [0.1, 0.15) is 37.6 Å². The standard InChI is InChI=1S/C18H20N6OS2/c1-5-18(4)6-11-12(7-25-18)27-15-13(11)14-19-9-20-24(14)16-21-22-17(23(15)16)26-8-10(2)3/h9H,2,5-8H2,1,3-4H3/t18-/m0/s1. The fourth-order valence-electron chi connectivity index (χ4n) is 3.50. The second kappa shape index (κ2) is 6.02. The highest BCUT2D eigenvalue weighted by molar-refractivity contribution is 7.99. The van der Waals surface area contributed by atoms with E-state index in [0.717, 1.165) is 45.2 Å². The maximum Gasteiger partial charge on any atom is 0.260 e. The summed E-state index contributed by atoms with van der Waals surface area (Å²) in [4.78, 5) is 6.93. The molecule has 0 radical (unpaired) electrons. The Bertz CT molecular complexity index is 1210. The molecule has 0 spiro atoms. The Morgan fingerprint density at radius 1 is 1.44 bits per heavy atom. The molecule has 0 saturated heterocycles. The molecule has 0 saturated carbocycles. The molecule has 0 bridgehead atoms. The van der Waals surface area contributed by atoms with Crippen molar-refractivity contribution in [2.45, 2.75) is 51.0 Å². The molecule has 0 unspecified atom stereocenters. The fraction of sp³-hybridized carbons (Fsp3) is 0.444. The summed E-state index contributed by atoms with van der Waals surface area (Å²) in [6.45, 7) is 11.0. The first-order valence-corrected chi connectivity index (χ1v) is 10.7. The molecule has 0 fully saturated rings. The van der Waals surface area contributed by atoms with Gasteiger partial charge in [-0.3, -0.25) is 0 Å². The van der Waals surface area contributed by atoms with E-state index in [-0.39, 0.29) is 5.60 Å². The Hall–Kier alpha value is -1.97. The van der Waals surface area contributed by atoms with Gasteiger partial charge >= 0.3 is 0 Å². The number of fused-ring (bicyclic) bond motifs is 8. The number of nitrogens with zero attached hydrogens (tertiary/aromatic N) is 6. The Morgan fingerprint density at radius 2 is 2.30 bits per heavy atom. The van der Waals surface area contributed by atoms with E-state index in [1.165, 1.54) is 10.4 Å². The summed E-state index contributed by atoms with van der Waals surface area (Å²) in [6, 6.07) is 0. The van der Waals surface area contributed by atoms with E-state index >= 15 is 0 Å². The van der Waals surface area contributed by atoms with Crippen LogP contribution >= 0.6 is 23.1 Å². The molecule has 1 aliphatic heterocycles. The summed E-state index contributed by atoms with van der Waals surface area (Å²) in [7, 11) is 0. The molecule has 5 heterocycles. The quantitative estimate of drug-likeness (QED) is 0.382. The minimum Gasteiger partial charge on any atom is -0.369 e. The van der Waals surface area contributed by atoms with Gasteiger partial charge in [-0.2, -0.15) is 9.61 Å². The van der Waals surface area contributed by atoms with Crippen LogP contribution in [-0.2, 0) is 17.8 Å². The average Bonchev–Trinajstić information content (AvgIpc) is 3.35. The van der Waals surface area contributed by atoms with Gasteiger partial charge in [0.1, 0.15) is 11.2 Å². The summed E-state index contributed by atoms with van der Waals surface area (Å²) in [5.74, 6) is 1.50. The monoisotopic (exact) mass is 400 g/mol. The number of hydrogen-bond acceptors (Lipinski definition) is 7. The molecule has 1 aliphatic rings. The minimum atomic E-state index is -0.141. The maximum atomic E-state index is 6.18. The first-order chi connectivity index (χ1) is 13.0. The van der Waals surface area contributed by atoms with Gasteiger partial charge in [-0.1, -0.05) is 30.8 Å². The third kappa shape index (κ3) is 2.52. The van der Waals surface area contributed by atoms with E-state index in [0.29, 0.717) is 12.4 Å². The van der Waals surface area contributed by atoms with Gasteiger partial charge in [0.05, 0.1) is 17.6 Å². The molecule has 5 rings (SSSR count). The third-order valence-electron chi connectivity index (χ3n) is 5.15. The second-order valence-electron chi connectivity index (χ2n) is 7.31. The van der Waals surface area contributed by atoms with Crippen molar-refractivity contribution in [2.24, 2.45) is 0 Å². The minimum absolute atomic E-state index is 0.141. The van der Waals surface area contributed by atoms with Crippen molar-refractivity contribution in [3.63, 3.8) is 0 Å². The molecule has 27 heavy (non-hydrogen) atoms. The highest BCUT2D eigenvalue weighted by atomic mass is 32.2. The summed E-state index contributed by atoms with van der Waals surface area (Å²) in [5, 5.41) is 15.2. The first-order valence-electron chi connectivity index (χ1n) is 8.93. The van der Waals surface area contributed by atoms with E-state index in [1.54, 1.807) is 33.9 Å². The Balaban J connectivity index is 1.83. The van der Waals surface area contributed by atoms with Gasteiger partial charge in [-0.05, 0) is 25.8 Å². The Labute approximate surface area is 164 Å². The largest absolute Gasteiger partial charge is 0.369 e. The van der Waals surface area contributed by atoms with Gasteiger partial charge in [0.15, 0.2) is 10.8 Å². The molecular weight excluding hydrogens is 380 g/mol. The van der Waals surface area contributed by atoms with Crippen LogP contribution in [0.25, 0.3) is 21.6 Å². The number of aromatic nitrogens is 6. The maximum absolute atomic E-state index is 6.18. The van der Waals surface area contributed by atoms with E-state index in [2.05, 4.69) is 45.1 Å². The summed E-state index contributed by atoms with van der Waals surface area (Å²) >= 11 is 3.40. The predicted molar refractivity (Wildman–Crippen MR) is 108 cm³/mol. The van der Waals surface area contributed by atoms with Crippen molar-refractivity contribution in [3.05, 3.63) is 28.9 Å². The van der Waals surface area contributed by atoms with E-state index in [1.807, 2.05) is 6.92 Å². The number of ether oxygens (including phenoxy) is 1. The average molecular weight is 401 g/mol. The molecule has 0 N–H and O–H groups in total. The van der Waals surface area contributed by atoms with Gasteiger partial charge in [0.2, 0.25) is 0 Å². The zero-order chi connectivity index (χ0) is 18.8. The van der Waals surface area contributed by atoms with Gasteiger partial charge < -0.3 is 4.74 Å². The van der Waals surface area contributed by atoms with Crippen LogP contribution in [0.3, 0.4) is 0 Å². The van der Waals surface area contributed by atoms with E-state index in [4.69, 9.17) is 4.74 Å². The van der Waals surface area contributed by atoms with Crippen LogP contribution < -0.4 is 0 Å². The summed E-state index contributed by atoms with van der Waals surface area (Å²) in [6.07, 6.45) is 3.44. The lowest BCUT2D eigenvalue weighted by molar-refractivity contribution is -0.0542. The number of hydrogen-bond donors (Lipinski definition) is 0. The normalized spacial score (nSPS) is 20.0. The van der Waals surface area contributed by atoms with Crippen molar-refractivity contribution in [1.82, 2.24) is 29.2 Å². The zero-order valence-corrected chi connectivity index (χ0v) is 17.2. The number of rotatable bonds is 4. The SMILES string of the molecule is C=C(C)CSc1nnc2n3ncnc3c3c4c(sc3n12)CO[C@@](C)(CC)C4. The van der Waals surface area contributed by atoms with Crippen molar-refractivity contribution >= 4 is 44.7 Å². The molecule has 0 amide bonds. The lowest BCUT2D eigenvalue weighted by Gasteiger charge is -2.32. The number of thioether (sulfide) groups is 1. The summed E-state index contributed by atoms with van der Waals surface area (Å²) < 4.78 is 10.1. The lowest BCUT2D eigenvalue weighted by Crippen LogP contribution is -2.33. The van der Waals surface area contributed by atoms with E-state index in [9.17, 15) is 0 Å². The van der Waals surface area contributed by atoms with Crippen LogP contribution in [-0.4, -0.2) is 40.6 Å². The van der Waals surface area contributed by atoms with Crippen LogP contribution in [0.2, 0.25) is 0 Å². The topological polar surface area (TPSA) is 69.6 Å². The molecule has 4 aromatic heterocycles. The van der Waals surface area contributed by atoms with Gasteiger partial charge in [-0.25, -0.2) is 9.38 Å². The number of thiophene rings is 1. The molecule has 7 nitrogen and oxygen atoms in total. The lowest BCUT2D eigenvalue weighted by atomic mass is 9.90. The molecule has 0 aliphatic carbocycles. The second-order valence-corrected chi connectivity index (χ2v) is 9.34. The Kier molecular flexibility index (Phi) is 3.82. The van der Waals surface area contributed by atoms with Gasteiger partial charge in [0.25, 0.3) is 5.78 Å². The fourth-order valence-corrected chi connectivity index (χ4v) is 5.56. The van der Waals surface area contributed by atoms with Crippen LogP contribution in [0.5, 0.6) is 0 Å².